The molecule has 0 aliphatic carbocycles. The second-order valence-electron chi connectivity index (χ2n) is 5.88. The molecule has 116 valence electrons. The van der Waals surface area contributed by atoms with Crippen molar-refractivity contribution in [2.45, 2.75) is 26.3 Å². The standard InChI is InChI=1S/C17H26N2O2/c1-14(19-11-9-18(3)10-12-19)8-13-21-17-7-5-4-6-16(17)15(2)20/h4-7,14H,8-13H2,1-3H3. The number of para-hydroxylation sites is 1. The fourth-order valence-corrected chi connectivity index (χ4v) is 2.67. The van der Waals surface area contributed by atoms with E-state index >= 15 is 0 Å². The van der Waals surface area contributed by atoms with Crippen LogP contribution in [0.3, 0.4) is 0 Å². The highest BCUT2D eigenvalue weighted by molar-refractivity contribution is 5.96. The molecule has 1 aliphatic rings. The zero-order valence-corrected chi connectivity index (χ0v) is 13.3. The molecule has 0 saturated carbocycles. The number of piperazine rings is 1. The van der Waals surface area contributed by atoms with Crippen LogP contribution in [0.2, 0.25) is 0 Å². The summed E-state index contributed by atoms with van der Waals surface area (Å²) in [6, 6.07) is 7.99. The Morgan fingerprint density at radius 3 is 2.57 bits per heavy atom. The minimum atomic E-state index is 0.0534. The van der Waals surface area contributed by atoms with Gasteiger partial charge in [0.2, 0.25) is 0 Å². The molecule has 4 nitrogen and oxygen atoms in total. The highest BCUT2D eigenvalue weighted by atomic mass is 16.5. The first kappa shape index (κ1) is 16.0. The lowest BCUT2D eigenvalue weighted by Crippen LogP contribution is -2.48. The fourth-order valence-electron chi connectivity index (χ4n) is 2.67. The average molecular weight is 290 g/mol. The second-order valence-corrected chi connectivity index (χ2v) is 5.88. The van der Waals surface area contributed by atoms with Gasteiger partial charge in [-0.1, -0.05) is 12.1 Å². The summed E-state index contributed by atoms with van der Waals surface area (Å²) >= 11 is 0. The van der Waals surface area contributed by atoms with Crippen LogP contribution in [0, 0.1) is 0 Å². The normalized spacial score (nSPS) is 18.4. The molecule has 0 spiro atoms. The molecule has 0 amide bonds. The minimum absolute atomic E-state index is 0.0534. The van der Waals surface area contributed by atoms with Gasteiger partial charge in [-0.05, 0) is 39.4 Å². The van der Waals surface area contributed by atoms with Crippen LogP contribution in [0.4, 0.5) is 0 Å². The Morgan fingerprint density at radius 1 is 1.24 bits per heavy atom. The number of likely N-dealkylation sites (N-methyl/N-ethyl adjacent to an activating group) is 1. The topological polar surface area (TPSA) is 32.8 Å². The third kappa shape index (κ3) is 4.55. The van der Waals surface area contributed by atoms with Crippen molar-refractivity contribution in [2.24, 2.45) is 0 Å². The summed E-state index contributed by atoms with van der Waals surface area (Å²) in [6.45, 7) is 9.01. The molecule has 1 saturated heterocycles. The molecular weight excluding hydrogens is 264 g/mol. The van der Waals surface area contributed by atoms with E-state index in [1.54, 1.807) is 6.92 Å². The number of rotatable bonds is 6. The Balaban J connectivity index is 1.80. The van der Waals surface area contributed by atoms with Gasteiger partial charge in [0.1, 0.15) is 5.75 Å². The van der Waals surface area contributed by atoms with Crippen molar-refractivity contribution in [2.75, 3.05) is 39.8 Å². The molecule has 1 atom stereocenters. The third-order valence-corrected chi connectivity index (χ3v) is 4.22. The van der Waals surface area contributed by atoms with Crippen molar-refractivity contribution < 1.29 is 9.53 Å². The Hall–Kier alpha value is -1.39. The van der Waals surface area contributed by atoms with E-state index in [-0.39, 0.29) is 5.78 Å². The molecule has 1 heterocycles. The van der Waals surface area contributed by atoms with E-state index in [1.807, 2.05) is 24.3 Å². The smallest absolute Gasteiger partial charge is 0.163 e. The number of nitrogens with zero attached hydrogens (tertiary/aromatic N) is 2. The summed E-state index contributed by atoms with van der Waals surface area (Å²) in [4.78, 5) is 16.4. The third-order valence-electron chi connectivity index (χ3n) is 4.22. The van der Waals surface area contributed by atoms with Gasteiger partial charge in [-0.15, -0.1) is 0 Å². The Bertz CT molecular complexity index is 468. The van der Waals surface area contributed by atoms with Crippen molar-refractivity contribution in [1.29, 1.82) is 0 Å². The number of benzene rings is 1. The van der Waals surface area contributed by atoms with Gasteiger partial charge in [-0.3, -0.25) is 9.69 Å². The van der Waals surface area contributed by atoms with Crippen LogP contribution in [0.5, 0.6) is 5.75 Å². The van der Waals surface area contributed by atoms with Gasteiger partial charge in [-0.25, -0.2) is 0 Å². The number of hydrogen-bond donors (Lipinski definition) is 0. The molecule has 0 aromatic heterocycles. The van der Waals surface area contributed by atoms with E-state index in [4.69, 9.17) is 4.74 Å². The van der Waals surface area contributed by atoms with E-state index in [1.165, 1.54) is 0 Å². The summed E-state index contributed by atoms with van der Waals surface area (Å²) in [6.07, 6.45) is 0.982. The molecule has 1 fully saturated rings. The van der Waals surface area contributed by atoms with E-state index < -0.39 is 0 Å². The number of carbonyl (C=O) groups excluding carboxylic acids is 1. The molecule has 0 N–H and O–H groups in total. The lowest BCUT2D eigenvalue weighted by molar-refractivity contribution is 0.100. The number of ether oxygens (including phenoxy) is 1. The van der Waals surface area contributed by atoms with Crippen molar-refractivity contribution >= 4 is 5.78 Å². The summed E-state index contributed by atoms with van der Waals surface area (Å²) in [7, 11) is 2.17. The number of carbonyl (C=O) groups is 1. The van der Waals surface area contributed by atoms with E-state index in [0.717, 1.165) is 32.6 Å². The predicted octanol–water partition coefficient (Wildman–Crippen LogP) is 2.29. The van der Waals surface area contributed by atoms with Crippen LogP contribution in [-0.4, -0.2) is 61.5 Å². The van der Waals surface area contributed by atoms with Gasteiger partial charge >= 0.3 is 0 Å². The predicted molar refractivity (Wildman–Crippen MR) is 85.1 cm³/mol. The lowest BCUT2D eigenvalue weighted by atomic mass is 10.1. The molecule has 1 aromatic carbocycles. The summed E-state index contributed by atoms with van der Waals surface area (Å²) in [5.74, 6) is 0.758. The summed E-state index contributed by atoms with van der Waals surface area (Å²) in [5.41, 5.74) is 0.671. The van der Waals surface area contributed by atoms with Crippen LogP contribution >= 0.6 is 0 Å². The van der Waals surface area contributed by atoms with Gasteiger partial charge in [0, 0.05) is 32.2 Å². The van der Waals surface area contributed by atoms with Gasteiger partial charge in [0.05, 0.1) is 12.2 Å². The van der Waals surface area contributed by atoms with Crippen molar-refractivity contribution in [3.63, 3.8) is 0 Å². The van der Waals surface area contributed by atoms with Crippen LogP contribution in [0.25, 0.3) is 0 Å². The second kappa shape index (κ2) is 7.57. The number of Topliss-reactive ketones (excluding diaryl/α,β-unsaturated/α-hetero) is 1. The van der Waals surface area contributed by atoms with Crippen molar-refractivity contribution in [1.82, 2.24) is 9.80 Å². The van der Waals surface area contributed by atoms with Crippen LogP contribution in [-0.2, 0) is 0 Å². The quantitative estimate of drug-likeness (QED) is 0.753. The van der Waals surface area contributed by atoms with Crippen LogP contribution in [0.15, 0.2) is 24.3 Å². The van der Waals surface area contributed by atoms with E-state index in [0.29, 0.717) is 24.0 Å². The lowest BCUT2D eigenvalue weighted by Gasteiger charge is -2.36. The van der Waals surface area contributed by atoms with Gasteiger partial charge in [-0.2, -0.15) is 0 Å². The summed E-state index contributed by atoms with van der Waals surface area (Å²) in [5, 5.41) is 0. The zero-order chi connectivity index (χ0) is 15.2. The van der Waals surface area contributed by atoms with Crippen LogP contribution in [0.1, 0.15) is 30.6 Å². The Kier molecular flexibility index (Phi) is 5.76. The Labute approximate surface area is 127 Å². The minimum Gasteiger partial charge on any atom is -0.493 e. The molecule has 1 unspecified atom stereocenters. The SMILES string of the molecule is CC(=O)c1ccccc1OCCC(C)N1CCN(C)CC1. The number of ketones is 1. The highest BCUT2D eigenvalue weighted by Crippen LogP contribution is 2.19. The van der Waals surface area contributed by atoms with Gasteiger partial charge in [0.15, 0.2) is 5.78 Å². The van der Waals surface area contributed by atoms with E-state index in [9.17, 15) is 4.79 Å². The monoisotopic (exact) mass is 290 g/mol. The molecule has 2 rings (SSSR count). The largest absolute Gasteiger partial charge is 0.493 e. The van der Waals surface area contributed by atoms with Crippen LogP contribution < -0.4 is 4.74 Å². The Morgan fingerprint density at radius 2 is 1.90 bits per heavy atom. The average Bonchev–Trinajstić information content (AvgIpc) is 2.48. The first-order valence-corrected chi connectivity index (χ1v) is 7.73. The van der Waals surface area contributed by atoms with Gasteiger partial charge < -0.3 is 9.64 Å². The van der Waals surface area contributed by atoms with E-state index in [2.05, 4.69) is 23.8 Å². The molecular formula is C17H26N2O2. The zero-order valence-electron chi connectivity index (χ0n) is 13.3. The molecule has 1 aromatic rings. The fraction of sp³-hybridized carbons (Fsp3) is 0.588. The highest BCUT2D eigenvalue weighted by Gasteiger charge is 2.19. The summed E-state index contributed by atoms with van der Waals surface area (Å²) < 4.78 is 5.82. The molecule has 0 radical (unpaired) electrons. The van der Waals surface area contributed by atoms with Crippen molar-refractivity contribution in [3.8, 4) is 5.75 Å². The van der Waals surface area contributed by atoms with Gasteiger partial charge in [0.25, 0.3) is 0 Å². The molecule has 4 heteroatoms. The maximum atomic E-state index is 11.5. The maximum absolute atomic E-state index is 11.5. The first-order valence-electron chi connectivity index (χ1n) is 7.73. The molecule has 0 bridgehead atoms. The van der Waals surface area contributed by atoms with Crippen molar-refractivity contribution in [3.05, 3.63) is 29.8 Å². The maximum Gasteiger partial charge on any atom is 0.163 e. The molecule has 1 aliphatic heterocycles. The number of hydrogen-bond acceptors (Lipinski definition) is 4. The molecule has 21 heavy (non-hydrogen) atoms. The first-order chi connectivity index (χ1) is 10.1.